The van der Waals surface area contributed by atoms with E-state index in [1.165, 1.54) is 17.8 Å². The van der Waals surface area contributed by atoms with Crippen LogP contribution in [-0.4, -0.2) is 22.9 Å². The Labute approximate surface area is 92.5 Å². The van der Waals surface area contributed by atoms with Crippen molar-refractivity contribution in [1.29, 1.82) is 0 Å². The second kappa shape index (κ2) is 5.14. The van der Waals surface area contributed by atoms with Crippen molar-refractivity contribution in [3.05, 3.63) is 33.9 Å². The molecule has 0 bridgehead atoms. The van der Waals surface area contributed by atoms with Gasteiger partial charge in [0.25, 0.3) is 5.69 Å². The summed E-state index contributed by atoms with van der Waals surface area (Å²) in [5, 5.41) is 19.7. The summed E-state index contributed by atoms with van der Waals surface area (Å²) < 4.78 is 0. The van der Waals surface area contributed by atoms with E-state index in [0.29, 0.717) is 4.90 Å². The summed E-state index contributed by atoms with van der Waals surface area (Å²) in [7, 11) is 0. The van der Waals surface area contributed by atoms with Crippen molar-refractivity contribution < 1.29 is 10.0 Å². The molecule has 1 aromatic rings. The fraction of sp³-hybridized carbons (Fsp3) is 0.400. The molecule has 82 valence electrons. The van der Waals surface area contributed by atoms with E-state index in [2.05, 4.69) is 0 Å². The molecule has 0 spiro atoms. The van der Waals surface area contributed by atoms with Gasteiger partial charge in [0, 0.05) is 18.6 Å². The maximum Gasteiger partial charge on any atom is 0.283 e. The average molecular weight is 227 g/mol. The zero-order valence-electron chi connectivity index (χ0n) is 8.64. The SMILES string of the molecule is CSc1ccc(C(C)CO)cc1[N+](=O)[O-]. The van der Waals surface area contributed by atoms with Gasteiger partial charge in [0.2, 0.25) is 0 Å². The minimum absolute atomic E-state index is 0.00420. The predicted molar refractivity (Wildman–Crippen MR) is 60.4 cm³/mol. The molecule has 0 aliphatic carbocycles. The van der Waals surface area contributed by atoms with E-state index in [4.69, 9.17) is 5.11 Å². The van der Waals surface area contributed by atoms with Crippen LogP contribution >= 0.6 is 11.8 Å². The molecular formula is C10H13NO3S. The summed E-state index contributed by atoms with van der Waals surface area (Å²) in [5.74, 6) is -0.0698. The summed E-state index contributed by atoms with van der Waals surface area (Å²) >= 11 is 1.35. The first-order valence-corrected chi connectivity index (χ1v) is 5.75. The maximum atomic E-state index is 10.8. The zero-order chi connectivity index (χ0) is 11.4. The van der Waals surface area contributed by atoms with Gasteiger partial charge in [0.1, 0.15) is 0 Å². The quantitative estimate of drug-likeness (QED) is 0.487. The average Bonchev–Trinajstić information content (AvgIpc) is 2.27. The zero-order valence-corrected chi connectivity index (χ0v) is 9.45. The third-order valence-corrected chi connectivity index (χ3v) is 3.03. The summed E-state index contributed by atoms with van der Waals surface area (Å²) in [6.07, 6.45) is 1.80. The van der Waals surface area contributed by atoms with Crippen LogP contribution in [-0.2, 0) is 0 Å². The first kappa shape index (κ1) is 12.0. The van der Waals surface area contributed by atoms with Crippen molar-refractivity contribution in [2.75, 3.05) is 12.9 Å². The first-order valence-electron chi connectivity index (χ1n) is 4.53. The molecule has 0 saturated heterocycles. The van der Waals surface area contributed by atoms with Crippen molar-refractivity contribution in [3.63, 3.8) is 0 Å². The highest BCUT2D eigenvalue weighted by molar-refractivity contribution is 7.98. The van der Waals surface area contributed by atoms with Gasteiger partial charge in [-0.1, -0.05) is 13.0 Å². The van der Waals surface area contributed by atoms with E-state index in [1.54, 1.807) is 12.3 Å². The highest BCUT2D eigenvalue weighted by Gasteiger charge is 2.15. The second-order valence-corrected chi connectivity index (χ2v) is 4.12. The third kappa shape index (κ3) is 2.70. The molecule has 0 aliphatic rings. The molecular weight excluding hydrogens is 214 g/mol. The van der Waals surface area contributed by atoms with Gasteiger partial charge in [-0.2, -0.15) is 0 Å². The Hall–Kier alpha value is -1.07. The number of nitro groups is 1. The predicted octanol–water partition coefficient (Wildman–Crippen LogP) is 2.41. The summed E-state index contributed by atoms with van der Waals surface area (Å²) in [6, 6.07) is 5.08. The topological polar surface area (TPSA) is 63.4 Å². The Morgan fingerprint density at radius 3 is 2.73 bits per heavy atom. The maximum absolute atomic E-state index is 10.8. The number of hydrogen-bond donors (Lipinski definition) is 1. The molecule has 5 heteroatoms. The van der Waals surface area contributed by atoms with Crippen LogP contribution in [0.2, 0.25) is 0 Å². The van der Waals surface area contributed by atoms with E-state index in [1.807, 2.05) is 13.0 Å². The number of hydrogen-bond acceptors (Lipinski definition) is 4. The Balaban J connectivity index is 3.16. The lowest BCUT2D eigenvalue weighted by Crippen LogP contribution is -2.00. The number of aliphatic hydroxyl groups excluding tert-OH is 1. The molecule has 15 heavy (non-hydrogen) atoms. The Morgan fingerprint density at radius 2 is 2.27 bits per heavy atom. The lowest BCUT2D eigenvalue weighted by atomic mass is 10.0. The fourth-order valence-corrected chi connectivity index (χ4v) is 1.81. The lowest BCUT2D eigenvalue weighted by molar-refractivity contribution is -0.387. The van der Waals surface area contributed by atoms with Crippen LogP contribution in [0.1, 0.15) is 18.4 Å². The van der Waals surface area contributed by atoms with E-state index in [9.17, 15) is 10.1 Å². The van der Waals surface area contributed by atoms with Crippen LogP contribution in [0.5, 0.6) is 0 Å². The minimum Gasteiger partial charge on any atom is -0.396 e. The standard InChI is InChI=1S/C10H13NO3S/c1-7(6-12)8-3-4-10(15-2)9(5-8)11(13)14/h3-5,7,12H,6H2,1-2H3. The smallest absolute Gasteiger partial charge is 0.283 e. The molecule has 0 aliphatic heterocycles. The van der Waals surface area contributed by atoms with E-state index in [-0.39, 0.29) is 23.1 Å². The van der Waals surface area contributed by atoms with Gasteiger partial charge < -0.3 is 5.11 Å². The van der Waals surface area contributed by atoms with Crippen molar-refractivity contribution in [3.8, 4) is 0 Å². The molecule has 0 saturated carbocycles. The summed E-state index contributed by atoms with van der Waals surface area (Å²) in [4.78, 5) is 11.0. The number of aliphatic hydroxyl groups is 1. The lowest BCUT2D eigenvalue weighted by Gasteiger charge is -2.08. The second-order valence-electron chi connectivity index (χ2n) is 3.27. The molecule has 1 unspecified atom stereocenters. The largest absolute Gasteiger partial charge is 0.396 e. The highest BCUT2D eigenvalue weighted by atomic mass is 32.2. The van der Waals surface area contributed by atoms with Gasteiger partial charge in [-0.15, -0.1) is 11.8 Å². The Morgan fingerprint density at radius 1 is 1.60 bits per heavy atom. The van der Waals surface area contributed by atoms with Crippen molar-refractivity contribution in [1.82, 2.24) is 0 Å². The van der Waals surface area contributed by atoms with E-state index in [0.717, 1.165) is 5.56 Å². The van der Waals surface area contributed by atoms with Gasteiger partial charge in [-0.05, 0) is 17.9 Å². The van der Waals surface area contributed by atoms with Gasteiger partial charge in [0.15, 0.2) is 0 Å². The van der Waals surface area contributed by atoms with Crippen LogP contribution in [0.3, 0.4) is 0 Å². The number of rotatable bonds is 4. The molecule has 1 aromatic carbocycles. The molecule has 1 rings (SSSR count). The van der Waals surface area contributed by atoms with Gasteiger partial charge >= 0.3 is 0 Å². The Kier molecular flexibility index (Phi) is 4.11. The van der Waals surface area contributed by atoms with Gasteiger partial charge in [-0.3, -0.25) is 10.1 Å². The van der Waals surface area contributed by atoms with Crippen LogP contribution in [0.25, 0.3) is 0 Å². The molecule has 0 radical (unpaired) electrons. The van der Waals surface area contributed by atoms with Crippen LogP contribution in [0.15, 0.2) is 23.1 Å². The molecule has 0 heterocycles. The molecule has 0 aromatic heterocycles. The molecule has 0 amide bonds. The minimum atomic E-state index is -0.389. The van der Waals surface area contributed by atoms with Crippen LogP contribution in [0, 0.1) is 10.1 Å². The summed E-state index contributed by atoms with van der Waals surface area (Å²) in [5.41, 5.74) is 0.905. The number of nitro benzene ring substituents is 1. The van der Waals surface area contributed by atoms with E-state index >= 15 is 0 Å². The van der Waals surface area contributed by atoms with Gasteiger partial charge in [-0.25, -0.2) is 0 Å². The number of thioether (sulfide) groups is 1. The molecule has 1 N–H and O–H groups in total. The van der Waals surface area contributed by atoms with Crippen LogP contribution in [0.4, 0.5) is 5.69 Å². The molecule has 4 nitrogen and oxygen atoms in total. The van der Waals surface area contributed by atoms with Gasteiger partial charge in [0.05, 0.1) is 9.82 Å². The molecule has 0 fully saturated rings. The third-order valence-electron chi connectivity index (χ3n) is 2.24. The normalized spacial score (nSPS) is 12.5. The van der Waals surface area contributed by atoms with Crippen molar-refractivity contribution in [2.24, 2.45) is 0 Å². The summed E-state index contributed by atoms with van der Waals surface area (Å²) in [6.45, 7) is 1.83. The van der Waals surface area contributed by atoms with Crippen LogP contribution < -0.4 is 0 Å². The highest BCUT2D eigenvalue weighted by Crippen LogP contribution is 2.30. The molecule has 1 atom stereocenters. The fourth-order valence-electron chi connectivity index (χ4n) is 1.26. The monoisotopic (exact) mass is 227 g/mol. The van der Waals surface area contributed by atoms with Crippen molar-refractivity contribution in [2.45, 2.75) is 17.7 Å². The first-order chi connectivity index (χ1) is 7.10. The number of benzene rings is 1. The van der Waals surface area contributed by atoms with E-state index < -0.39 is 0 Å². The van der Waals surface area contributed by atoms with Crippen molar-refractivity contribution >= 4 is 17.4 Å². The number of nitrogens with zero attached hydrogens (tertiary/aromatic N) is 1. The Bertz CT molecular complexity index is 368.